The van der Waals surface area contributed by atoms with Crippen LogP contribution in [0.1, 0.15) is 41.3 Å². The minimum absolute atomic E-state index is 0.0159. The molecule has 0 bridgehead atoms. The van der Waals surface area contributed by atoms with Crippen LogP contribution in [0.4, 0.5) is 5.69 Å². The van der Waals surface area contributed by atoms with Crippen molar-refractivity contribution in [3.63, 3.8) is 0 Å². The molecule has 0 spiro atoms. The number of carbonyl (C=O) groups is 1. The molecule has 0 atom stereocenters. The highest BCUT2D eigenvalue weighted by Gasteiger charge is 2.17. The van der Waals surface area contributed by atoms with E-state index < -0.39 is 5.91 Å². The van der Waals surface area contributed by atoms with E-state index in [2.05, 4.69) is 24.1 Å². The van der Waals surface area contributed by atoms with Gasteiger partial charge in [0, 0.05) is 17.3 Å². The summed E-state index contributed by atoms with van der Waals surface area (Å²) in [6.45, 7) is 6.24. The third kappa shape index (κ3) is 3.71. The number of nitrogens with one attached hydrogen (secondary N) is 1. The van der Waals surface area contributed by atoms with Crippen LogP contribution < -0.4 is 10.9 Å². The van der Waals surface area contributed by atoms with Crippen LogP contribution in [0.25, 0.3) is 16.2 Å². The highest BCUT2D eigenvalue weighted by atomic mass is 32.1. The van der Waals surface area contributed by atoms with Crippen molar-refractivity contribution in [1.29, 1.82) is 0 Å². The van der Waals surface area contributed by atoms with Gasteiger partial charge in [0.25, 0.3) is 11.5 Å². The zero-order valence-electron chi connectivity index (χ0n) is 16.5. The molecule has 4 aromatic rings. The molecule has 0 unspecified atom stereocenters. The van der Waals surface area contributed by atoms with Crippen LogP contribution in [-0.4, -0.2) is 15.3 Å². The molecule has 2 aromatic carbocycles. The summed E-state index contributed by atoms with van der Waals surface area (Å²) >= 11 is 1.38. The van der Waals surface area contributed by atoms with Crippen molar-refractivity contribution in [2.45, 2.75) is 26.7 Å². The van der Waals surface area contributed by atoms with Crippen molar-refractivity contribution in [2.24, 2.45) is 0 Å². The molecule has 6 heteroatoms. The van der Waals surface area contributed by atoms with E-state index in [0.29, 0.717) is 16.6 Å². The Morgan fingerprint density at radius 3 is 2.41 bits per heavy atom. The van der Waals surface area contributed by atoms with Gasteiger partial charge in [0.05, 0.1) is 5.69 Å². The molecule has 0 saturated carbocycles. The summed E-state index contributed by atoms with van der Waals surface area (Å²) in [6, 6.07) is 15.6. The van der Waals surface area contributed by atoms with E-state index in [1.165, 1.54) is 27.5 Å². The molecule has 29 heavy (non-hydrogen) atoms. The van der Waals surface area contributed by atoms with Crippen molar-refractivity contribution < 1.29 is 4.79 Å². The van der Waals surface area contributed by atoms with Crippen LogP contribution in [0.15, 0.2) is 64.9 Å². The number of aromatic nitrogens is 2. The Hall–Kier alpha value is -3.25. The lowest BCUT2D eigenvalue weighted by Gasteiger charge is -2.09. The van der Waals surface area contributed by atoms with Crippen molar-refractivity contribution in [3.8, 4) is 11.3 Å². The third-order valence-corrected chi connectivity index (χ3v) is 5.71. The summed E-state index contributed by atoms with van der Waals surface area (Å²) in [4.78, 5) is 30.7. The quantitative estimate of drug-likeness (QED) is 0.515. The fourth-order valence-corrected chi connectivity index (χ4v) is 3.98. The van der Waals surface area contributed by atoms with Gasteiger partial charge >= 0.3 is 0 Å². The average molecular weight is 404 g/mol. The fraction of sp³-hybridized carbons (Fsp3) is 0.174. The maximum atomic E-state index is 13.1. The Balaban J connectivity index is 1.70. The molecular weight excluding hydrogens is 382 g/mol. The lowest BCUT2D eigenvalue weighted by Crippen LogP contribution is -2.26. The van der Waals surface area contributed by atoms with Gasteiger partial charge in [-0.1, -0.05) is 55.8 Å². The smallest absolute Gasteiger partial charge is 0.271 e. The van der Waals surface area contributed by atoms with Crippen molar-refractivity contribution in [3.05, 3.63) is 87.2 Å². The lowest BCUT2D eigenvalue weighted by atomic mass is 10.0. The first-order chi connectivity index (χ1) is 13.9. The van der Waals surface area contributed by atoms with Crippen LogP contribution in [-0.2, 0) is 0 Å². The predicted molar refractivity (Wildman–Crippen MR) is 118 cm³/mol. The number of anilines is 1. The van der Waals surface area contributed by atoms with Crippen LogP contribution in [0.2, 0.25) is 0 Å². The number of hydrogen-bond acceptors (Lipinski definition) is 4. The van der Waals surface area contributed by atoms with Gasteiger partial charge in [-0.15, -0.1) is 11.3 Å². The highest BCUT2D eigenvalue weighted by molar-refractivity contribution is 7.15. The SMILES string of the molecule is Cc1ccc(-c2csc3ncc(C(=O)Nc4ccc(C(C)C)cc4)c(=O)n23)cc1. The van der Waals surface area contributed by atoms with E-state index in [0.717, 1.165) is 16.8 Å². The summed E-state index contributed by atoms with van der Waals surface area (Å²) in [5.41, 5.74) is 4.26. The second-order valence-corrected chi connectivity index (χ2v) is 8.15. The second-order valence-electron chi connectivity index (χ2n) is 7.31. The standard InChI is InChI=1S/C23H21N3O2S/c1-14(2)16-8-10-18(11-9-16)25-21(27)19-12-24-23-26(22(19)28)20(13-29-23)17-6-4-15(3)5-7-17/h4-14H,1-3H3,(H,25,27). The van der Waals surface area contributed by atoms with Gasteiger partial charge in [-0.3, -0.25) is 14.0 Å². The predicted octanol–water partition coefficient (Wildman–Crippen LogP) is 5.11. The van der Waals surface area contributed by atoms with E-state index in [9.17, 15) is 9.59 Å². The van der Waals surface area contributed by atoms with Gasteiger partial charge in [-0.25, -0.2) is 4.98 Å². The second kappa shape index (κ2) is 7.64. The van der Waals surface area contributed by atoms with E-state index in [1.807, 2.05) is 60.8 Å². The molecule has 0 saturated heterocycles. The van der Waals surface area contributed by atoms with Gasteiger partial charge in [0.15, 0.2) is 4.96 Å². The summed E-state index contributed by atoms with van der Waals surface area (Å²) in [6.07, 6.45) is 1.35. The average Bonchev–Trinajstić information content (AvgIpc) is 3.14. The zero-order chi connectivity index (χ0) is 20.5. The monoisotopic (exact) mass is 403 g/mol. The summed E-state index contributed by atoms with van der Waals surface area (Å²) < 4.78 is 1.51. The Labute approximate surface area is 172 Å². The number of amides is 1. The van der Waals surface area contributed by atoms with Crippen molar-refractivity contribution in [2.75, 3.05) is 5.32 Å². The number of nitrogens with zero attached hydrogens (tertiary/aromatic N) is 2. The van der Waals surface area contributed by atoms with Crippen LogP contribution in [0, 0.1) is 6.92 Å². The normalized spacial score (nSPS) is 11.2. The lowest BCUT2D eigenvalue weighted by molar-refractivity contribution is 0.102. The molecule has 4 rings (SSSR count). The van der Waals surface area contributed by atoms with Crippen LogP contribution in [0.5, 0.6) is 0 Å². The first kappa shape index (κ1) is 19.1. The van der Waals surface area contributed by atoms with Gasteiger partial charge in [0.1, 0.15) is 5.56 Å². The molecule has 5 nitrogen and oxygen atoms in total. The number of aryl methyl sites for hydroxylation is 1. The largest absolute Gasteiger partial charge is 0.322 e. The molecule has 2 aromatic heterocycles. The third-order valence-electron chi connectivity index (χ3n) is 4.87. The number of thiazole rings is 1. The van der Waals surface area contributed by atoms with Gasteiger partial charge in [-0.05, 0) is 36.1 Å². The zero-order valence-corrected chi connectivity index (χ0v) is 17.3. The first-order valence-corrected chi connectivity index (χ1v) is 10.3. The Bertz CT molecular complexity index is 1240. The van der Waals surface area contributed by atoms with E-state index in [-0.39, 0.29) is 11.1 Å². The molecule has 0 radical (unpaired) electrons. The summed E-state index contributed by atoms with van der Waals surface area (Å²) in [5, 5.41) is 4.69. The van der Waals surface area contributed by atoms with Gasteiger partial charge < -0.3 is 5.32 Å². The molecule has 0 aliphatic rings. The molecule has 146 valence electrons. The Morgan fingerprint density at radius 1 is 1.07 bits per heavy atom. The van der Waals surface area contributed by atoms with Gasteiger partial charge in [0.2, 0.25) is 0 Å². The number of carbonyl (C=O) groups excluding carboxylic acids is 1. The van der Waals surface area contributed by atoms with Crippen LogP contribution in [0.3, 0.4) is 0 Å². The number of hydrogen-bond donors (Lipinski definition) is 1. The van der Waals surface area contributed by atoms with E-state index >= 15 is 0 Å². The summed E-state index contributed by atoms with van der Waals surface area (Å²) in [7, 11) is 0. The highest BCUT2D eigenvalue weighted by Crippen LogP contribution is 2.24. The maximum absolute atomic E-state index is 13.1. The van der Waals surface area contributed by atoms with Crippen molar-refractivity contribution >= 4 is 27.9 Å². The fourth-order valence-electron chi connectivity index (χ4n) is 3.12. The molecule has 1 N–H and O–H groups in total. The van der Waals surface area contributed by atoms with Gasteiger partial charge in [-0.2, -0.15) is 0 Å². The first-order valence-electron chi connectivity index (χ1n) is 9.41. The maximum Gasteiger partial charge on any atom is 0.271 e. The summed E-state index contributed by atoms with van der Waals surface area (Å²) in [5.74, 6) is -0.0509. The minimum Gasteiger partial charge on any atom is -0.322 e. The molecule has 0 aliphatic heterocycles. The van der Waals surface area contributed by atoms with E-state index in [1.54, 1.807) is 0 Å². The number of rotatable bonds is 4. The number of benzene rings is 2. The van der Waals surface area contributed by atoms with Crippen LogP contribution >= 0.6 is 11.3 Å². The Morgan fingerprint density at radius 2 is 1.76 bits per heavy atom. The molecule has 2 heterocycles. The molecule has 0 aliphatic carbocycles. The van der Waals surface area contributed by atoms with Crippen molar-refractivity contribution in [1.82, 2.24) is 9.38 Å². The minimum atomic E-state index is -0.463. The van der Waals surface area contributed by atoms with E-state index in [4.69, 9.17) is 0 Å². The molecular formula is C23H21N3O2S. The molecule has 1 amide bonds. The Kier molecular flexibility index (Phi) is 5.03. The molecule has 0 fully saturated rings. The number of fused-ring (bicyclic) bond motifs is 1. The topological polar surface area (TPSA) is 63.5 Å².